The van der Waals surface area contributed by atoms with Crippen LogP contribution in [-0.2, 0) is 12.7 Å². The molecular formula is C19H19F3N. The molecule has 0 bridgehead atoms. The molecule has 1 aliphatic rings. The van der Waals surface area contributed by atoms with Crippen molar-refractivity contribution in [2.24, 2.45) is 0 Å². The van der Waals surface area contributed by atoms with E-state index in [2.05, 4.69) is 17.0 Å². The summed E-state index contributed by atoms with van der Waals surface area (Å²) >= 11 is 0. The maximum absolute atomic E-state index is 12.8. The zero-order chi connectivity index (χ0) is 16.3. The summed E-state index contributed by atoms with van der Waals surface area (Å²) in [5.41, 5.74) is 1.45. The van der Waals surface area contributed by atoms with Gasteiger partial charge in [0.1, 0.15) is 0 Å². The fourth-order valence-electron chi connectivity index (χ4n) is 3.03. The topological polar surface area (TPSA) is 3.24 Å². The highest BCUT2D eigenvalue weighted by Crippen LogP contribution is 2.33. The van der Waals surface area contributed by atoms with Gasteiger partial charge in [0, 0.05) is 12.5 Å². The van der Waals surface area contributed by atoms with Gasteiger partial charge in [-0.25, -0.2) is 0 Å². The van der Waals surface area contributed by atoms with Gasteiger partial charge in [-0.1, -0.05) is 48.5 Å². The minimum atomic E-state index is -4.27. The number of benzene rings is 2. The van der Waals surface area contributed by atoms with E-state index in [9.17, 15) is 13.2 Å². The second-order valence-corrected chi connectivity index (χ2v) is 5.94. The Morgan fingerprint density at radius 2 is 1.57 bits per heavy atom. The summed E-state index contributed by atoms with van der Waals surface area (Å²) in [5, 5.41) is 0. The minimum absolute atomic E-state index is 0.561. The van der Waals surface area contributed by atoms with E-state index in [4.69, 9.17) is 0 Å². The number of rotatable bonds is 3. The van der Waals surface area contributed by atoms with E-state index in [0.29, 0.717) is 0 Å². The normalized spacial score (nSPS) is 17.3. The Hall–Kier alpha value is -1.81. The molecule has 1 heterocycles. The van der Waals surface area contributed by atoms with Crippen LogP contribution in [0.15, 0.2) is 54.6 Å². The molecule has 0 unspecified atom stereocenters. The Balaban J connectivity index is 1.61. The van der Waals surface area contributed by atoms with Gasteiger partial charge < -0.3 is 0 Å². The van der Waals surface area contributed by atoms with Gasteiger partial charge in [0.05, 0.1) is 5.56 Å². The van der Waals surface area contributed by atoms with Crippen LogP contribution in [0.5, 0.6) is 0 Å². The summed E-state index contributed by atoms with van der Waals surface area (Å²) in [7, 11) is 0. The predicted octanol–water partition coefficient (Wildman–Crippen LogP) is 4.92. The average Bonchev–Trinajstić information content (AvgIpc) is 2.56. The third-order valence-electron chi connectivity index (χ3n) is 4.31. The largest absolute Gasteiger partial charge is 0.416 e. The summed E-state index contributed by atoms with van der Waals surface area (Å²) in [4.78, 5) is 2.35. The Kier molecular flexibility index (Phi) is 4.71. The Morgan fingerprint density at radius 3 is 2.22 bits per heavy atom. The van der Waals surface area contributed by atoms with Gasteiger partial charge in [-0.3, -0.25) is 4.90 Å². The Morgan fingerprint density at radius 1 is 0.870 bits per heavy atom. The van der Waals surface area contributed by atoms with E-state index >= 15 is 0 Å². The third-order valence-corrected chi connectivity index (χ3v) is 4.31. The van der Waals surface area contributed by atoms with Gasteiger partial charge in [0.2, 0.25) is 0 Å². The SMILES string of the molecule is FC(F)(F)c1cccc([C]2CCN(Cc3ccccc3)CC2)c1. The molecule has 1 fully saturated rings. The van der Waals surface area contributed by atoms with Gasteiger partial charge in [-0.05, 0) is 43.1 Å². The van der Waals surface area contributed by atoms with Crippen molar-refractivity contribution in [2.45, 2.75) is 25.6 Å². The van der Waals surface area contributed by atoms with Crippen molar-refractivity contribution in [1.29, 1.82) is 0 Å². The van der Waals surface area contributed by atoms with E-state index in [-0.39, 0.29) is 0 Å². The summed E-state index contributed by atoms with van der Waals surface area (Å²) in [6, 6.07) is 16.0. The standard InChI is InChI=1S/C19H19F3N/c20-19(21,22)18-8-4-7-17(13-18)16-9-11-23(12-10-16)14-15-5-2-1-3-6-15/h1-8,13H,9-12,14H2. The maximum Gasteiger partial charge on any atom is 0.416 e. The van der Waals surface area contributed by atoms with Crippen LogP contribution in [0.2, 0.25) is 0 Å². The molecule has 0 N–H and O–H groups in total. The fourth-order valence-corrected chi connectivity index (χ4v) is 3.03. The van der Waals surface area contributed by atoms with Crippen LogP contribution in [0.3, 0.4) is 0 Å². The van der Waals surface area contributed by atoms with Crippen LogP contribution in [0.4, 0.5) is 13.2 Å². The first-order valence-corrected chi connectivity index (χ1v) is 7.81. The maximum atomic E-state index is 12.8. The van der Waals surface area contributed by atoms with Crippen LogP contribution in [0, 0.1) is 5.92 Å². The highest BCUT2D eigenvalue weighted by molar-refractivity contribution is 5.36. The molecule has 23 heavy (non-hydrogen) atoms. The van der Waals surface area contributed by atoms with E-state index in [1.54, 1.807) is 6.07 Å². The summed E-state index contributed by atoms with van der Waals surface area (Å²) in [6.07, 6.45) is -2.62. The number of piperidine rings is 1. The molecule has 0 saturated carbocycles. The first-order chi connectivity index (χ1) is 11.0. The molecule has 0 atom stereocenters. The first-order valence-electron chi connectivity index (χ1n) is 7.81. The zero-order valence-corrected chi connectivity index (χ0v) is 12.8. The molecular weight excluding hydrogens is 299 g/mol. The van der Waals surface area contributed by atoms with Crippen molar-refractivity contribution in [1.82, 2.24) is 4.90 Å². The molecule has 2 aromatic carbocycles. The predicted molar refractivity (Wildman–Crippen MR) is 84.7 cm³/mol. The van der Waals surface area contributed by atoms with Gasteiger partial charge >= 0.3 is 6.18 Å². The van der Waals surface area contributed by atoms with E-state index < -0.39 is 11.7 Å². The lowest BCUT2D eigenvalue weighted by molar-refractivity contribution is -0.137. The zero-order valence-electron chi connectivity index (χ0n) is 12.8. The van der Waals surface area contributed by atoms with Crippen molar-refractivity contribution in [3.63, 3.8) is 0 Å². The van der Waals surface area contributed by atoms with Crippen molar-refractivity contribution in [3.05, 3.63) is 77.2 Å². The minimum Gasteiger partial charge on any atom is -0.299 e. The van der Waals surface area contributed by atoms with E-state index in [1.807, 2.05) is 18.2 Å². The molecule has 0 aliphatic carbocycles. The molecule has 4 heteroatoms. The van der Waals surface area contributed by atoms with Crippen molar-refractivity contribution >= 4 is 0 Å². The van der Waals surface area contributed by atoms with Crippen LogP contribution < -0.4 is 0 Å². The van der Waals surface area contributed by atoms with Gasteiger partial charge in [-0.15, -0.1) is 0 Å². The van der Waals surface area contributed by atoms with Crippen molar-refractivity contribution in [2.75, 3.05) is 13.1 Å². The van der Waals surface area contributed by atoms with E-state index in [1.165, 1.54) is 17.7 Å². The van der Waals surface area contributed by atoms with Gasteiger partial charge in [0.25, 0.3) is 0 Å². The molecule has 2 aromatic rings. The van der Waals surface area contributed by atoms with Crippen LogP contribution in [0.25, 0.3) is 0 Å². The molecule has 121 valence electrons. The third kappa shape index (κ3) is 4.14. The second kappa shape index (κ2) is 6.75. The van der Waals surface area contributed by atoms with Crippen molar-refractivity contribution in [3.8, 4) is 0 Å². The molecule has 0 amide bonds. The first kappa shape index (κ1) is 16.1. The van der Waals surface area contributed by atoms with E-state index in [0.717, 1.165) is 50.0 Å². The Bertz CT molecular complexity index is 629. The number of hydrogen-bond acceptors (Lipinski definition) is 1. The number of likely N-dealkylation sites (tertiary alicyclic amines) is 1. The summed E-state index contributed by atoms with van der Waals surface area (Å²) < 4.78 is 38.5. The number of hydrogen-bond donors (Lipinski definition) is 0. The smallest absolute Gasteiger partial charge is 0.299 e. The lowest BCUT2D eigenvalue weighted by Gasteiger charge is -2.32. The monoisotopic (exact) mass is 318 g/mol. The number of halogens is 3. The molecule has 3 rings (SSSR count). The van der Waals surface area contributed by atoms with Gasteiger partial charge in [-0.2, -0.15) is 13.2 Å². The molecule has 0 aromatic heterocycles. The highest BCUT2D eigenvalue weighted by atomic mass is 19.4. The highest BCUT2D eigenvalue weighted by Gasteiger charge is 2.31. The number of nitrogens with zero attached hydrogens (tertiary/aromatic N) is 1. The Labute approximate surface area is 134 Å². The van der Waals surface area contributed by atoms with Crippen LogP contribution in [-0.4, -0.2) is 18.0 Å². The lowest BCUT2D eigenvalue weighted by atomic mass is 9.88. The van der Waals surface area contributed by atoms with Gasteiger partial charge in [0.15, 0.2) is 0 Å². The fraction of sp³-hybridized carbons (Fsp3) is 0.316. The molecule has 1 saturated heterocycles. The molecule has 1 nitrogen and oxygen atoms in total. The number of alkyl halides is 3. The molecule has 1 radical (unpaired) electrons. The summed E-state index contributed by atoms with van der Waals surface area (Å²) in [6.45, 7) is 2.68. The quantitative estimate of drug-likeness (QED) is 0.776. The lowest BCUT2D eigenvalue weighted by Crippen LogP contribution is -2.32. The summed E-state index contributed by atoms with van der Waals surface area (Å²) in [5.74, 6) is 1.13. The molecule has 1 aliphatic heterocycles. The second-order valence-electron chi connectivity index (χ2n) is 5.94. The van der Waals surface area contributed by atoms with Crippen LogP contribution >= 0.6 is 0 Å². The van der Waals surface area contributed by atoms with Crippen molar-refractivity contribution < 1.29 is 13.2 Å². The molecule has 0 spiro atoms. The van der Waals surface area contributed by atoms with Crippen LogP contribution in [0.1, 0.15) is 29.5 Å². The average molecular weight is 318 g/mol.